The van der Waals surface area contributed by atoms with E-state index >= 15 is 0 Å². The van der Waals surface area contributed by atoms with Gasteiger partial charge in [-0.2, -0.15) is 0 Å². The lowest BCUT2D eigenvalue weighted by molar-refractivity contribution is 0.104. The number of hydrogen-bond donors (Lipinski definition) is 0. The van der Waals surface area contributed by atoms with Crippen LogP contribution in [0.2, 0.25) is 5.02 Å². The number of piperazine rings is 1. The molecule has 27 heavy (non-hydrogen) atoms. The fourth-order valence-electron chi connectivity index (χ4n) is 4.31. The van der Waals surface area contributed by atoms with E-state index in [-0.39, 0.29) is 0 Å². The molecule has 2 aliphatic rings. The van der Waals surface area contributed by atoms with Crippen molar-refractivity contribution >= 4 is 17.3 Å². The van der Waals surface area contributed by atoms with Crippen LogP contribution >= 0.6 is 11.6 Å². The van der Waals surface area contributed by atoms with E-state index in [1.165, 1.54) is 31.6 Å². The highest BCUT2D eigenvalue weighted by Crippen LogP contribution is 2.23. The van der Waals surface area contributed by atoms with Gasteiger partial charge in [-0.3, -0.25) is 9.58 Å². The minimum atomic E-state index is 0.735. The molecule has 0 spiro atoms. The summed E-state index contributed by atoms with van der Waals surface area (Å²) in [6.45, 7) is 7.96. The molecule has 3 heterocycles. The van der Waals surface area contributed by atoms with Crippen LogP contribution in [-0.2, 0) is 13.5 Å². The molecule has 0 atom stereocenters. The lowest BCUT2D eigenvalue weighted by Gasteiger charge is -2.43. The molecule has 0 amide bonds. The number of anilines is 1. The zero-order valence-electron chi connectivity index (χ0n) is 16.1. The van der Waals surface area contributed by atoms with E-state index < -0.39 is 0 Å². The Balaban J connectivity index is 1.20. The zero-order valence-corrected chi connectivity index (χ0v) is 16.9. The molecule has 6 nitrogen and oxygen atoms in total. The van der Waals surface area contributed by atoms with Crippen LogP contribution in [0.4, 0.5) is 5.69 Å². The quantitative estimate of drug-likeness (QED) is 0.786. The van der Waals surface area contributed by atoms with E-state index in [0.29, 0.717) is 0 Å². The predicted molar refractivity (Wildman–Crippen MR) is 109 cm³/mol. The number of piperidine rings is 1. The second-order valence-electron chi connectivity index (χ2n) is 7.71. The van der Waals surface area contributed by atoms with E-state index in [1.54, 1.807) is 4.68 Å². The van der Waals surface area contributed by atoms with Gasteiger partial charge in [0.25, 0.3) is 0 Å². The van der Waals surface area contributed by atoms with E-state index in [4.69, 9.17) is 11.6 Å². The first-order valence-electron chi connectivity index (χ1n) is 9.99. The van der Waals surface area contributed by atoms with Gasteiger partial charge in [0.1, 0.15) is 0 Å². The summed E-state index contributed by atoms with van der Waals surface area (Å²) in [5.74, 6) is 0. The van der Waals surface area contributed by atoms with Gasteiger partial charge in [0.2, 0.25) is 0 Å². The van der Waals surface area contributed by atoms with Crippen LogP contribution in [0.3, 0.4) is 0 Å². The third-order valence-electron chi connectivity index (χ3n) is 5.90. The zero-order chi connectivity index (χ0) is 18.6. The Morgan fingerprint density at radius 3 is 2.52 bits per heavy atom. The van der Waals surface area contributed by atoms with E-state index in [1.807, 2.05) is 25.4 Å². The molecule has 0 radical (unpaired) electrons. The topological polar surface area (TPSA) is 40.4 Å². The SMILES string of the molecule is Cn1cc(CCN2CCC(N3CCN(c4cccc(Cl)c4)CC3)CC2)nn1. The van der Waals surface area contributed by atoms with Crippen LogP contribution in [0.25, 0.3) is 0 Å². The molecule has 1 aromatic heterocycles. The summed E-state index contributed by atoms with van der Waals surface area (Å²) in [7, 11) is 1.92. The smallest absolute Gasteiger partial charge is 0.0839 e. The summed E-state index contributed by atoms with van der Waals surface area (Å²) in [5.41, 5.74) is 2.35. The minimum absolute atomic E-state index is 0.735. The molecule has 0 bridgehead atoms. The van der Waals surface area contributed by atoms with Crippen LogP contribution in [0.15, 0.2) is 30.5 Å². The first kappa shape index (κ1) is 18.7. The van der Waals surface area contributed by atoms with Gasteiger partial charge < -0.3 is 9.80 Å². The molecule has 2 aliphatic heterocycles. The summed E-state index contributed by atoms with van der Waals surface area (Å²) < 4.78 is 1.78. The van der Waals surface area contributed by atoms with Gasteiger partial charge in [0.15, 0.2) is 0 Å². The molecule has 2 saturated heterocycles. The number of nitrogens with zero attached hydrogens (tertiary/aromatic N) is 6. The van der Waals surface area contributed by atoms with Crippen molar-refractivity contribution in [1.29, 1.82) is 0 Å². The second-order valence-corrected chi connectivity index (χ2v) is 8.15. The molecule has 0 aliphatic carbocycles. The van der Waals surface area contributed by atoms with Crippen LogP contribution in [0.1, 0.15) is 18.5 Å². The molecule has 2 fully saturated rings. The standard InChI is InChI=1S/C20H29ClN6/c1-24-16-18(22-23-24)5-8-25-9-6-19(7-10-25)26-11-13-27(14-12-26)20-4-2-3-17(21)15-20/h2-4,15-16,19H,5-14H2,1H3. The molecule has 0 N–H and O–H groups in total. The number of aromatic nitrogens is 3. The van der Waals surface area contributed by atoms with Gasteiger partial charge in [-0.15, -0.1) is 5.10 Å². The normalized spacial score (nSPS) is 20.3. The number of likely N-dealkylation sites (tertiary alicyclic amines) is 1. The van der Waals surface area contributed by atoms with Gasteiger partial charge in [-0.25, -0.2) is 0 Å². The van der Waals surface area contributed by atoms with Crippen molar-refractivity contribution < 1.29 is 0 Å². The van der Waals surface area contributed by atoms with Gasteiger partial charge >= 0.3 is 0 Å². The van der Waals surface area contributed by atoms with Gasteiger partial charge in [0, 0.05) is 69.1 Å². The molecule has 4 rings (SSSR count). The van der Waals surface area contributed by atoms with Crippen molar-refractivity contribution in [1.82, 2.24) is 24.8 Å². The molecule has 2 aromatic rings. The maximum absolute atomic E-state index is 6.14. The van der Waals surface area contributed by atoms with Crippen molar-refractivity contribution in [2.45, 2.75) is 25.3 Å². The highest BCUT2D eigenvalue weighted by atomic mass is 35.5. The van der Waals surface area contributed by atoms with Crippen molar-refractivity contribution in [2.75, 3.05) is 50.7 Å². The van der Waals surface area contributed by atoms with E-state index in [0.717, 1.165) is 55.9 Å². The lowest BCUT2D eigenvalue weighted by Crippen LogP contribution is -2.53. The Morgan fingerprint density at radius 1 is 1.07 bits per heavy atom. The Morgan fingerprint density at radius 2 is 1.85 bits per heavy atom. The van der Waals surface area contributed by atoms with Gasteiger partial charge in [-0.1, -0.05) is 22.9 Å². The Bertz CT molecular complexity index is 732. The van der Waals surface area contributed by atoms with E-state index in [9.17, 15) is 0 Å². The highest BCUT2D eigenvalue weighted by molar-refractivity contribution is 6.30. The monoisotopic (exact) mass is 388 g/mol. The average Bonchev–Trinajstić information content (AvgIpc) is 3.12. The molecule has 0 unspecified atom stereocenters. The molecule has 146 valence electrons. The molecular formula is C20H29ClN6. The fraction of sp³-hybridized carbons (Fsp3) is 0.600. The summed E-state index contributed by atoms with van der Waals surface area (Å²) in [4.78, 5) is 7.73. The van der Waals surface area contributed by atoms with Crippen LogP contribution in [0.5, 0.6) is 0 Å². The summed E-state index contributed by atoms with van der Waals surface area (Å²) in [6.07, 6.45) is 5.57. The number of rotatable bonds is 5. The Labute approximate surface area is 166 Å². The molecule has 7 heteroatoms. The number of aryl methyl sites for hydroxylation is 1. The number of halogens is 1. The Kier molecular flexibility index (Phi) is 5.95. The fourth-order valence-corrected chi connectivity index (χ4v) is 4.49. The van der Waals surface area contributed by atoms with Gasteiger partial charge in [0.05, 0.1) is 5.69 Å². The maximum Gasteiger partial charge on any atom is 0.0839 e. The first-order chi connectivity index (χ1) is 13.2. The minimum Gasteiger partial charge on any atom is -0.369 e. The third kappa shape index (κ3) is 4.81. The number of benzene rings is 1. The number of hydrogen-bond acceptors (Lipinski definition) is 5. The Hall–Kier alpha value is -1.63. The maximum atomic E-state index is 6.14. The summed E-state index contributed by atoms with van der Waals surface area (Å²) in [5, 5.41) is 9.03. The van der Waals surface area contributed by atoms with Crippen molar-refractivity contribution in [3.05, 3.63) is 41.2 Å². The van der Waals surface area contributed by atoms with Crippen LogP contribution in [-0.4, -0.2) is 76.6 Å². The average molecular weight is 389 g/mol. The largest absolute Gasteiger partial charge is 0.369 e. The van der Waals surface area contributed by atoms with Gasteiger partial charge in [-0.05, 0) is 44.1 Å². The molecule has 0 saturated carbocycles. The molecule has 1 aromatic carbocycles. The highest BCUT2D eigenvalue weighted by Gasteiger charge is 2.27. The lowest BCUT2D eigenvalue weighted by atomic mass is 10.0. The second kappa shape index (κ2) is 8.59. The predicted octanol–water partition coefficient (Wildman–Crippen LogP) is 2.30. The van der Waals surface area contributed by atoms with Crippen molar-refractivity contribution in [3.63, 3.8) is 0 Å². The molecular weight excluding hydrogens is 360 g/mol. The van der Waals surface area contributed by atoms with Crippen LogP contribution in [0, 0.1) is 0 Å². The van der Waals surface area contributed by atoms with Crippen molar-refractivity contribution in [2.24, 2.45) is 7.05 Å². The van der Waals surface area contributed by atoms with Crippen molar-refractivity contribution in [3.8, 4) is 0 Å². The summed E-state index contributed by atoms with van der Waals surface area (Å²) >= 11 is 6.14. The van der Waals surface area contributed by atoms with Crippen LogP contribution < -0.4 is 4.90 Å². The van der Waals surface area contributed by atoms with E-state index in [2.05, 4.69) is 37.1 Å². The third-order valence-corrected chi connectivity index (χ3v) is 6.13. The summed E-state index contributed by atoms with van der Waals surface area (Å²) in [6, 6.07) is 8.96. The first-order valence-corrected chi connectivity index (χ1v) is 10.4.